The number of furan rings is 1. The van der Waals surface area contributed by atoms with Gasteiger partial charge in [-0.15, -0.1) is 0 Å². The van der Waals surface area contributed by atoms with Crippen molar-refractivity contribution in [2.75, 3.05) is 6.54 Å². The van der Waals surface area contributed by atoms with E-state index >= 15 is 0 Å². The number of carbonyl (C=O) groups is 1. The van der Waals surface area contributed by atoms with Gasteiger partial charge in [0, 0.05) is 23.7 Å². The summed E-state index contributed by atoms with van der Waals surface area (Å²) in [6.45, 7) is 1.16. The second-order valence-electron chi connectivity index (χ2n) is 4.24. The molecular weight excluding hydrogens is 274 g/mol. The van der Waals surface area contributed by atoms with Crippen LogP contribution in [-0.4, -0.2) is 22.2 Å². The third kappa shape index (κ3) is 2.80. The van der Waals surface area contributed by atoms with E-state index in [2.05, 4.69) is 10.4 Å². The molecule has 20 heavy (non-hydrogen) atoms. The highest BCUT2D eigenvalue weighted by atomic mass is 32.1. The summed E-state index contributed by atoms with van der Waals surface area (Å²) in [7, 11) is 0. The molecule has 0 aromatic carbocycles. The third-order valence-electron chi connectivity index (χ3n) is 2.85. The van der Waals surface area contributed by atoms with Gasteiger partial charge in [-0.2, -0.15) is 16.4 Å². The summed E-state index contributed by atoms with van der Waals surface area (Å²) < 4.78 is 7.09. The first kappa shape index (κ1) is 12.7. The molecule has 3 rings (SSSR count). The van der Waals surface area contributed by atoms with Gasteiger partial charge in [-0.25, -0.2) is 0 Å². The largest absolute Gasteiger partial charge is 0.464 e. The first-order valence-electron chi connectivity index (χ1n) is 6.19. The van der Waals surface area contributed by atoms with Crippen LogP contribution in [-0.2, 0) is 6.54 Å². The van der Waals surface area contributed by atoms with Crippen LogP contribution >= 0.6 is 11.3 Å². The first-order valence-corrected chi connectivity index (χ1v) is 7.14. The van der Waals surface area contributed by atoms with Gasteiger partial charge in [0.25, 0.3) is 5.91 Å². The van der Waals surface area contributed by atoms with Crippen LogP contribution in [0.3, 0.4) is 0 Å². The summed E-state index contributed by atoms with van der Waals surface area (Å²) in [5.41, 5.74) is 1.63. The molecule has 0 atom stereocenters. The van der Waals surface area contributed by atoms with E-state index in [1.54, 1.807) is 17.1 Å². The lowest BCUT2D eigenvalue weighted by Crippen LogP contribution is -2.26. The summed E-state index contributed by atoms with van der Waals surface area (Å²) in [5, 5.41) is 10.8. The Kier molecular flexibility index (Phi) is 3.64. The standard InChI is InChI=1S/C14H13N3O2S/c18-14(11-3-7-20-10-11)15-4-5-17-9-12(8-16-17)13-2-1-6-19-13/h1-3,6-10H,4-5H2,(H,15,18). The Morgan fingerprint density at radius 2 is 2.40 bits per heavy atom. The minimum absolute atomic E-state index is 0.0512. The number of amides is 1. The Hall–Kier alpha value is -2.34. The maximum atomic E-state index is 11.7. The van der Waals surface area contributed by atoms with E-state index in [1.807, 2.05) is 35.2 Å². The molecule has 5 nitrogen and oxygen atoms in total. The quantitative estimate of drug-likeness (QED) is 0.784. The molecule has 1 amide bonds. The highest BCUT2D eigenvalue weighted by Gasteiger charge is 2.06. The van der Waals surface area contributed by atoms with Gasteiger partial charge in [-0.3, -0.25) is 9.48 Å². The summed E-state index contributed by atoms with van der Waals surface area (Å²) in [6.07, 6.45) is 5.28. The van der Waals surface area contributed by atoms with Gasteiger partial charge >= 0.3 is 0 Å². The van der Waals surface area contributed by atoms with Crippen molar-refractivity contribution in [2.24, 2.45) is 0 Å². The highest BCUT2D eigenvalue weighted by molar-refractivity contribution is 7.08. The zero-order valence-electron chi connectivity index (χ0n) is 10.7. The van der Waals surface area contributed by atoms with E-state index in [-0.39, 0.29) is 5.91 Å². The van der Waals surface area contributed by atoms with Gasteiger partial charge in [0.1, 0.15) is 5.76 Å². The number of nitrogens with one attached hydrogen (secondary N) is 1. The number of rotatable bonds is 5. The normalized spacial score (nSPS) is 10.6. The first-order chi connectivity index (χ1) is 9.83. The number of hydrogen-bond acceptors (Lipinski definition) is 4. The topological polar surface area (TPSA) is 60.1 Å². The summed E-state index contributed by atoms with van der Waals surface area (Å²) in [4.78, 5) is 11.7. The predicted octanol–water partition coefficient (Wildman–Crippen LogP) is 2.63. The summed E-state index contributed by atoms with van der Waals surface area (Å²) in [6, 6.07) is 5.54. The zero-order chi connectivity index (χ0) is 13.8. The fourth-order valence-electron chi connectivity index (χ4n) is 1.84. The van der Waals surface area contributed by atoms with Crippen molar-refractivity contribution < 1.29 is 9.21 Å². The molecule has 0 saturated heterocycles. The Bertz CT molecular complexity index is 671. The highest BCUT2D eigenvalue weighted by Crippen LogP contribution is 2.18. The fraction of sp³-hybridized carbons (Fsp3) is 0.143. The Labute approximate surface area is 119 Å². The van der Waals surface area contributed by atoms with Gasteiger partial charge in [0.15, 0.2) is 0 Å². The fourth-order valence-corrected chi connectivity index (χ4v) is 2.47. The summed E-state index contributed by atoms with van der Waals surface area (Å²) in [5.74, 6) is 0.739. The summed E-state index contributed by atoms with van der Waals surface area (Å²) >= 11 is 1.51. The van der Waals surface area contributed by atoms with E-state index in [4.69, 9.17) is 4.42 Å². The lowest BCUT2D eigenvalue weighted by atomic mass is 10.3. The van der Waals surface area contributed by atoms with Crippen LogP contribution < -0.4 is 5.32 Å². The SMILES string of the molecule is O=C(NCCn1cc(-c2ccco2)cn1)c1ccsc1. The Morgan fingerprint density at radius 3 is 3.15 bits per heavy atom. The minimum atomic E-state index is -0.0512. The van der Waals surface area contributed by atoms with Crippen molar-refractivity contribution in [3.05, 3.63) is 53.2 Å². The number of hydrogen-bond donors (Lipinski definition) is 1. The van der Waals surface area contributed by atoms with Gasteiger partial charge in [0.2, 0.25) is 0 Å². The van der Waals surface area contributed by atoms with Crippen molar-refractivity contribution >= 4 is 17.2 Å². The Morgan fingerprint density at radius 1 is 1.45 bits per heavy atom. The molecule has 3 aromatic rings. The Balaban J connectivity index is 1.53. The average molecular weight is 287 g/mol. The van der Waals surface area contributed by atoms with Crippen molar-refractivity contribution in [2.45, 2.75) is 6.54 Å². The molecule has 0 aliphatic heterocycles. The second kappa shape index (κ2) is 5.75. The molecule has 3 aromatic heterocycles. The van der Waals surface area contributed by atoms with E-state index in [0.717, 1.165) is 11.3 Å². The molecule has 1 N–H and O–H groups in total. The van der Waals surface area contributed by atoms with Crippen molar-refractivity contribution in [1.29, 1.82) is 0 Å². The smallest absolute Gasteiger partial charge is 0.252 e. The molecular formula is C14H13N3O2S. The van der Waals surface area contributed by atoms with Crippen LogP contribution in [0.15, 0.2) is 52.0 Å². The molecule has 0 radical (unpaired) electrons. The number of carbonyl (C=O) groups excluding carboxylic acids is 1. The van der Waals surface area contributed by atoms with Crippen LogP contribution in [0.2, 0.25) is 0 Å². The van der Waals surface area contributed by atoms with Gasteiger partial charge in [0.05, 0.1) is 24.6 Å². The zero-order valence-corrected chi connectivity index (χ0v) is 11.5. The molecule has 0 aliphatic rings. The molecule has 0 unspecified atom stereocenters. The number of thiophene rings is 1. The third-order valence-corrected chi connectivity index (χ3v) is 3.53. The van der Waals surface area contributed by atoms with Crippen molar-refractivity contribution in [3.8, 4) is 11.3 Å². The second-order valence-corrected chi connectivity index (χ2v) is 5.02. The minimum Gasteiger partial charge on any atom is -0.464 e. The van der Waals surface area contributed by atoms with Crippen molar-refractivity contribution in [3.63, 3.8) is 0 Å². The van der Waals surface area contributed by atoms with Crippen LogP contribution in [0.1, 0.15) is 10.4 Å². The van der Waals surface area contributed by atoms with Gasteiger partial charge < -0.3 is 9.73 Å². The lowest BCUT2D eigenvalue weighted by Gasteiger charge is -2.03. The molecule has 0 fully saturated rings. The van der Waals surface area contributed by atoms with E-state index in [0.29, 0.717) is 18.7 Å². The van der Waals surface area contributed by atoms with Gasteiger partial charge in [-0.1, -0.05) is 0 Å². The molecule has 0 saturated carbocycles. The predicted molar refractivity (Wildman–Crippen MR) is 76.6 cm³/mol. The van der Waals surface area contributed by atoms with E-state index in [1.165, 1.54) is 11.3 Å². The van der Waals surface area contributed by atoms with Crippen LogP contribution in [0, 0.1) is 0 Å². The van der Waals surface area contributed by atoms with Crippen LogP contribution in [0.25, 0.3) is 11.3 Å². The van der Waals surface area contributed by atoms with Crippen molar-refractivity contribution in [1.82, 2.24) is 15.1 Å². The van der Waals surface area contributed by atoms with E-state index in [9.17, 15) is 4.79 Å². The molecule has 6 heteroatoms. The number of aromatic nitrogens is 2. The molecule has 3 heterocycles. The lowest BCUT2D eigenvalue weighted by molar-refractivity contribution is 0.0952. The maximum absolute atomic E-state index is 11.7. The van der Waals surface area contributed by atoms with Crippen LogP contribution in [0.5, 0.6) is 0 Å². The number of nitrogens with zero attached hydrogens (tertiary/aromatic N) is 2. The molecule has 102 valence electrons. The van der Waals surface area contributed by atoms with E-state index < -0.39 is 0 Å². The molecule has 0 bridgehead atoms. The van der Waals surface area contributed by atoms with Crippen LogP contribution in [0.4, 0.5) is 0 Å². The monoisotopic (exact) mass is 287 g/mol. The molecule has 0 aliphatic carbocycles. The average Bonchev–Trinajstić information content (AvgIpc) is 3.20. The maximum Gasteiger partial charge on any atom is 0.252 e. The molecule has 0 spiro atoms. The van der Waals surface area contributed by atoms with Gasteiger partial charge in [-0.05, 0) is 23.6 Å².